The molecule has 36 heavy (non-hydrogen) atoms. The molecular weight excluding hydrogens is 490 g/mol. The summed E-state index contributed by atoms with van der Waals surface area (Å²) in [5, 5.41) is 26.3. The summed E-state index contributed by atoms with van der Waals surface area (Å²) in [4.78, 5) is 63.9. The minimum Gasteiger partial charge on any atom is -0.481 e. The van der Waals surface area contributed by atoms with Crippen LogP contribution in [0.5, 0.6) is 0 Å². The molecule has 1 heterocycles. The molecule has 0 bridgehead atoms. The number of carboxylic acids is 2. The highest BCUT2D eigenvalue weighted by atomic mass is 32.1. The Bertz CT molecular complexity index is 1120. The fourth-order valence-corrected chi connectivity index (χ4v) is 3.67. The number of aliphatic carboxylic acids is 2. The largest absolute Gasteiger partial charge is 0.481 e. The molecule has 13 heteroatoms. The number of thiol groups is 1. The van der Waals surface area contributed by atoms with E-state index in [1.54, 1.807) is 26.1 Å². The Labute approximate surface area is 212 Å². The molecule has 0 radical (unpaired) electrons. The average Bonchev–Trinajstić information content (AvgIpc) is 3.23. The normalized spacial score (nSPS) is 14.5. The number of nitrogens with two attached hydrogens (primary N) is 1. The number of amides is 3. The molecule has 4 unspecified atom stereocenters. The Morgan fingerprint density at radius 2 is 1.53 bits per heavy atom. The zero-order valence-corrected chi connectivity index (χ0v) is 20.7. The first-order valence-corrected chi connectivity index (χ1v) is 11.8. The minimum absolute atomic E-state index is 0.0419. The van der Waals surface area contributed by atoms with E-state index in [2.05, 4.69) is 33.6 Å². The second-order valence-electron chi connectivity index (χ2n) is 8.64. The van der Waals surface area contributed by atoms with Crippen molar-refractivity contribution in [3.63, 3.8) is 0 Å². The molecule has 0 aliphatic rings. The van der Waals surface area contributed by atoms with Crippen molar-refractivity contribution in [1.82, 2.24) is 20.9 Å². The maximum absolute atomic E-state index is 13.0. The van der Waals surface area contributed by atoms with E-state index >= 15 is 0 Å². The van der Waals surface area contributed by atoms with Gasteiger partial charge < -0.3 is 36.9 Å². The third-order valence-corrected chi connectivity index (χ3v) is 5.93. The van der Waals surface area contributed by atoms with Crippen LogP contribution >= 0.6 is 12.6 Å². The van der Waals surface area contributed by atoms with E-state index in [1.165, 1.54) is 0 Å². The number of rotatable bonds is 13. The predicted molar refractivity (Wildman–Crippen MR) is 134 cm³/mol. The highest BCUT2D eigenvalue weighted by molar-refractivity contribution is 7.80. The van der Waals surface area contributed by atoms with Gasteiger partial charge in [0.2, 0.25) is 17.7 Å². The molecule has 0 saturated carbocycles. The first kappa shape index (κ1) is 28.7. The van der Waals surface area contributed by atoms with Gasteiger partial charge >= 0.3 is 11.9 Å². The van der Waals surface area contributed by atoms with Gasteiger partial charge in [-0.05, 0) is 17.5 Å². The summed E-state index contributed by atoms with van der Waals surface area (Å²) in [5.41, 5.74) is 7.28. The first-order valence-electron chi connectivity index (χ1n) is 11.2. The first-order chi connectivity index (χ1) is 16.9. The van der Waals surface area contributed by atoms with Crippen LogP contribution in [-0.4, -0.2) is 74.8 Å². The van der Waals surface area contributed by atoms with Crippen LogP contribution in [0.15, 0.2) is 30.5 Å². The quantitative estimate of drug-likeness (QED) is 0.163. The van der Waals surface area contributed by atoms with Crippen LogP contribution in [0.4, 0.5) is 0 Å². The molecule has 0 saturated heterocycles. The van der Waals surface area contributed by atoms with Crippen molar-refractivity contribution in [2.75, 3.05) is 5.75 Å². The lowest BCUT2D eigenvalue weighted by molar-refractivity contribution is -0.147. The lowest BCUT2D eigenvalue weighted by Crippen LogP contribution is -2.58. The van der Waals surface area contributed by atoms with E-state index in [1.807, 2.05) is 18.2 Å². The lowest BCUT2D eigenvalue weighted by atomic mass is 10.0. The number of hydrogen-bond donors (Lipinski definition) is 8. The predicted octanol–water partition coefficient (Wildman–Crippen LogP) is -0.363. The standard InChI is InChI=1S/C23H31N5O7S/c1-11(2)19(24)22(33)28-17(10-36)21(32)26-15(20(31)27-16(23(34)35)8-18(29)30)7-12-9-25-14-6-4-3-5-13(12)14/h3-6,9,11,15-17,19,25,36H,7-8,10,24H2,1-2H3,(H,26,32)(H,27,31)(H,28,33)(H,29,30)(H,34,35). The molecule has 0 fully saturated rings. The van der Waals surface area contributed by atoms with Gasteiger partial charge in [-0.25, -0.2) is 4.79 Å². The van der Waals surface area contributed by atoms with Crippen molar-refractivity contribution < 1.29 is 34.2 Å². The number of carbonyl (C=O) groups is 5. The fourth-order valence-electron chi connectivity index (χ4n) is 3.41. The summed E-state index contributed by atoms with van der Waals surface area (Å²) in [6, 6.07) is 2.27. The van der Waals surface area contributed by atoms with Gasteiger partial charge in [-0.3, -0.25) is 19.2 Å². The maximum atomic E-state index is 13.0. The van der Waals surface area contributed by atoms with Gasteiger partial charge in [0.15, 0.2) is 0 Å². The zero-order chi connectivity index (χ0) is 27.0. The second kappa shape index (κ2) is 12.9. The van der Waals surface area contributed by atoms with Crippen LogP contribution in [0, 0.1) is 5.92 Å². The van der Waals surface area contributed by atoms with Crippen molar-refractivity contribution in [2.24, 2.45) is 11.7 Å². The molecule has 0 spiro atoms. The zero-order valence-electron chi connectivity index (χ0n) is 19.9. The van der Waals surface area contributed by atoms with E-state index in [9.17, 15) is 29.1 Å². The van der Waals surface area contributed by atoms with Crippen molar-refractivity contribution in [3.8, 4) is 0 Å². The smallest absolute Gasteiger partial charge is 0.326 e. The van der Waals surface area contributed by atoms with E-state index in [0.717, 1.165) is 10.9 Å². The second-order valence-corrected chi connectivity index (χ2v) is 9.00. The third-order valence-electron chi connectivity index (χ3n) is 5.56. The maximum Gasteiger partial charge on any atom is 0.326 e. The summed E-state index contributed by atoms with van der Waals surface area (Å²) >= 11 is 4.12. The van der Waals surface area contributed by atoms with Gasteiger partial charge in [-0.2, -0.15) is 12.6 Å². The molecule has 2 aromatic rings. The van der Waals surface area contributed by atoms with Crippen molar-refractivity contribution >= 4 is 53.2 Å². The molecule has 0 aliphatic heterocycles. The monoisotopic (exact) mass is 521 g/mol. The van der Waals surface area contributed by atoms with E-state index in [0.29, 0.717) is 5.56 Å². The molecule has 4 atom stereocenters. The number of fused-ring (bicyclic) bond motifs is 1. The van der Waals surface area contributed by atoms with Gasteiger partial charge in [0, 0.05) is 29.3 Å². The molecule has 3 amide bonds. The lowest BCUT2D eigenvalue weighted by Gasteiger charge is -2.25. The van der Waals surface area contributed by atoms with Gasteiger partial charge in [-0.15, -0.1) is 0 Å². The highest BCUT2D eigenvalue weighted by Crippen LogP contribution is 2.19. The van der Waals surface area contributed by atoms with Crippen LogP contribution in [0.1, 0.15) is 25.8 Å². The Morgan fingerprint density at radius 1 is 0.944 bits per heavy atom. The van der Waals surface area contributed by atoms with Crippen LogP contribution in [-0.2, 0) is 30.4 Å². The molecule has 1 aromatic heterocycles. The van der Waals surface area contributed by atoms with E-state index in [-0.39, 0.29) is 18.1 Å². The number of H-pyrrole nitrogens is 1. The molecular formula is C23H31N5O7S. The number of benzene rings is 1. The van der Waals surface area contributed by atoms with E-state index in [4.69, 9.17) is 10.8 Å². The molecule has 196 valence electrons. The van der Waals surface area contributed by atoms with Gasteiger partial charge in [0.25, 0.3) is 0 Å². The average molecular weight is 522 g/mol. The fraction of sp³-hybridized carbons (Fsp3) is 0.435. The summed E-state index contributed by atoms with van der Waals surface area (Å²) in [6.45, 7) is 3.50. The molecule has 8 N–H and O–H groups in total. The molecule has 2 rings (SSSR count). The number of nitrogens with one attached hydrogen (secondary N) is 4. The SMILES string of the molecule is CC(C)C(N)C(=O)NC(CS)C(=O)NC(Cc1c[nH]c2ccccc12)C(=O)NC(CC(=O)O)C(=O)O. The highest BCUT2D eigenvalue weighted by Gasteiger charge is 2.31. The number of carboxylic acid groups (broad SMARTS) is 2. The Balaban J connectivity index is 2.28. The number of aromatic amines is 1. The van der Waals surface area contributed by atoms with Crippen molar-refractivity contribution in [2.45, 2.75) is 50.9 Å². The Morgan fingerprint density at radius 3 is 2.11 bits per heavy atom. The Kier molecular flexibility index (Phi) is 10.3. The van der Waals surface area contributed by atoms with Crippen LogP contribution in [0.2, 0.25) is 0 Å². The molecule has 12 nitrogen and oxygen atoms in total. The van der Waals surface area contributed by atoms with Crippen molar-refractivity contribution in [1.29, 1.82) is 0 Å². The van der Waals surface area contributed by atoms with Crippen LogP contribution in [0.25, 0.3) is 10.9 Å². The topological polar surface area (TPSA) is 204 Å². The van der Waals surface area contributed by atoms with Crippen molar-refractivity contribution in [3.05, 3.63) is 36.0 Å². The number of hydrogen-bond acceptors (Lipinski definition) is 7. The summed E-state index contributed by atoms with van der Waals surface area (Å²) in [6.07, 6.45) is 0.763. The Hall–Kier alpha value is -3.58. The summed E-state index contributed by atoms with van der Waals surface area (Å²) < 4.78 is 0. The van der Waals surface area contributed by atoms with Crippen LogP contribution < -0.4 is 21.7 Å². The summed E-state index contributed by atoms with van der Waals surface area (Å²) in [5.74, 6) is -5.43. The number of aromatic nitrogens is 1. The van der Waals surface area contributed by atoms with E-state index < -0.39 is 60.2 Å². The van der Waals surface area contributed by atoms with Crippen LogP contribution in [0.3, 0.4) is 0 Å². The third kappa shape index (κ3) is 7.71. The van der Waals surface area contributed by atoms with Gasteiger partial charge in [0.05, 0.1) is 12.5 Å². The van der Waals surface area contributed by atoms with Gasteiger partial charge in [0.1, 0.15) is 18.1 Å². The molecule has 0 aliphatic carbocycles. The minimum atomic E-state index is -1.71. The molecule has 1 aromatic carbocycles. The number of para-hydroxylation sites is 1. The number of carbonyl (C=O) groups excluding carboxylic acids is 3. The van der Waals surface area contributed by atoms with Gasteiger partial charge in [-0.1, -0.05) is 32.0 Å². The summed E-state index contributed by atoms with van der Waals surface area (Å²) in [7, 11) is 0.